The van der Waals surface area contributed by atoms with Gasteiger partial charge in [-0.2, -0.15) is 0 Å². The molecule has 0 aromatic heterocycles. The van der Waals surface area contributed by atoms with Gasteiger partial charge in [-0.15, -0.1) is 0 Å². The van der Waals surface area contributed by atoms with Gasteiger partial charge < -0.3 is 24.6 Å². The zero-order valence-electron chi connectivity index (χ0n) is 11.4. The summed E-state index contributed by atoms with van der Waals surface area (Å²) in [5, 5.41) is 12.6. The average Bonchev–Trinajstić information content (AvgIpc) is 2.46. The molecule has 19 heavy (non-hydrogen) atoms. The molecule has 5 heteroatoms. The highest BCUT2D eigenvalue weighted by atomic mass is 16.6. The first-order chi connectivity index (χ1) is 9.24. The molecule has 1 aliphatic rings. The van der Waals surface area contributed by atoms with Gasteiger partial charge in [-0.25, -0.2) is 0 Å². The number of aliphatic hydroxyl groups is 1. The van der Waals surface area contributed by atoms with Gasteiger partial charge in [-0.05, 0) is 24.6 Å². The third kappa shape index (κ3) is 3.59. The van der Waals surface area contributed by atoms with Crippen molar-refractivity contribution in [3.8, 4) is 11.5 Å². The molecule has 5 nitrogen and oxygen atoms in total. The van der Waals surface area contributed by atoms with E-state index in [1.165, 1.54) is 0 Å². The summed E-state index contributed by atoms with van der Waals surface area (Å²) in [6.45, 7) is 3.75. The van der Waals surface area contributed by atoms with Gasteiger partial charge >= 0.3 is 0 Å². The van der Waals surface area contributed by atoms with Crippen LogP contribution in [0.15, 0.2) is 18.2 Å². The van der Waals surface area contributed by atoms with E-state index in [2.05, 4.69) is 5.32 Å². The van der Waals surface area contributed by atoms with Crippen molar-refractivity contribution in [1.29, 1.82) is 0 Å². The van der Waals surface area contributed by atoms with Crippen LogP contribution >= 0.6 is 0 Å². The first-order valence-corrected chi connectivity index (χ1v) is 6.50. The number of benzene rings is 1. The van der Waals surface area contributed by atoms with Crippen LogP contribution in [0, 0.1) is 0 Å². The Morgan fingerprint density at radius 2 is 2.05 bits per heavy atom. The molecular weight excluding hydrogens is 246 g/mol. The van der Waals surface area contributed by atoms with Crippen LogP contribution in [-0.4, -0.2) is 44.7 Å². The van der Waals surface area contributed by atoms with Crippen molar-refractivity contribution >= 4 is 0 Å². The van der Waals surface area contributed by atoms with Gasteiger partial charge in [-0.1, -0.05) is 6.07 Å². The van der Waals surface area contributed by atoms with Crippen molar-refractivity contribution in [2.45, 2.75) is 19.0 Å². The first kappa shape index (κ1) is 14.1. The minimum Gasteiger partial charge on any atom is -0.486 e. The molecule has 2 N–H and O–H groups in total. The van der Waals surface area contributed by atoms with Gasteiger partial charge in [0.2, 0.25) is 0 Å². The van der Waals surface area contributed by atoms with E-state index in [0.29, 0.717) is 19.8 Å². The van der Waals surface area contributed by atoms with Crippen molar-refractivity contribution in [2.75, 3.05) is 33.5 Å². The standard InChI is InChI=1S/C14H21NO4/c1-10(15-12(8-16)9-17-2)11-3-4-13-14(7-11)19-6-5-18-13/h3-4,7,10,12,15-16H,5-6,8-9H2,1-2H3. The normalized spacial score (nSPS) is 17.0. The predicted molar refractivity (Wildman–Crippen MR) is 71.7 cm³/mol. The number of ether oxygens (including phenoxy) is 3. The molecule has 0 saturated carbocycles. The lowest BCUT2D eigenvalue weighted by Gasteiger charge is -2.23. The number of nitrogens with one attached hydrogen (secondary N) is 1. The van der Waals surface area contributed by atoms with Crippen molar-refractivity contribution in [3.63, 3.8) is 0 Å². The Balaban J connectivity index is 2.04. The summed E-state index contributed by atoms with van der Waals surface area (Å²) in [5.41, 5.74) is 1.10. The number of methoxy groups -OCH3 is 1. The first-order valence-electron chi connectivity index (χ1n) is 6.50. The lowest BCUT2D eigenvalue weighted by molar-refractivity contribution is 0.123. The Labute approximate surface area is 113 Å². The summed E-state index contributed by atoms with van der Waals surface area (Å²) in [7, 11) is 1.62. The molecule has 2 unspecified atom stereocenters. The van der Waals surface area contributed by atoms with E-state index in [0.717, 1.165) is 17.1 Å². The Hall–Kier alpha value is -1.30. The maximum absolute atomic E-state index is 9.26. The second kappa shape index (κ2) is 6.75. The zero-order valence-corrected chi connectivity index (χ0v) is 11.4. The number of hydrogen-bond acceptors (Lipinski definition) is 5. The maximum atomic E-state index is 9.26. The largest absolute Gasteiger partial charge is 0.486 e. The molecule has 0 radical (unpaired) electrons. The molecule has 1 heterocycles. The van der Waals surface area contributed by atoms with Crippen molar-refractivity contribution in [2.24, 2.45) is 0 Å². The fourth-order valence-corrected chi connectivity index (χ4v) is 2.13. The quantitative estimate of drug-likeness (QED) is 0.808. The maximum Gasteiger partial charge on any atom is 0.161 e. The van der Waals surface area contributed by atoms with Gasteiger partial charge in [0, 0.05) is 13.2 Å². The van der Waals surface area contributed by atoms with E-state index >= 15 is 0 Å². The highest BCUT2D eigenvalue weighted by Crippen LogP contribution is 2.32. The molecule has 1 aliphatic heterocycles. The molecule has 0 fully saturated rings. The van der Waals surface area contributed by atoms with Gasteiger partial charge in [0.25, 0.3) is 0 Å². The van der Waals surface area contributed by atoms with Gasteiger partial charge in [0.15, 0.2) is 11.5 Å². The summed E-state index contributed by atoms with van der Waals surface area (Å²) < 4.78 is 16.1. The van der Waals surface area contributed by atoms with Crippen LogP contribution < -0.4 is 14.8 Å². The highest BCUT2D eigenvalue weighted by molar-refractivity contribution is 5.44. The lowest BCUT2D eigenvalue weighted by Crippen LogP contribution is -2.38. The van der Waals surface area contributed by atoms with Crippen LogP contribution in [0.2, 0.25) is 0 Å². The van der Waals surface area contributed by atoms with Crippen LogP contribution in [-0.2, 0) is 4.74 Å². The van der Waals surface area contributed by atoms with Crippen molar-refractivity contribution in [3.05, 3.63) is 23.8 Å². The van der Waals surface area contributed by atoms with E-state index in [9.17, 15) is 5.11 Å². The van der Waals surface area contributed by atoms with E-state index < -0.39 is 0 Å². The summed E-state index contributed by atoms with van der Waals surface area (Å²) in [6, 6.07) is 5.93. The van der Waals surface area contributed by atoms with Crippen LogP contribution in [0.5, 0.6) is 11.5 Å². The summed E-state index contributed by atoms with van der Waals surface area (Å²) in [4.78, 5) is 0. The molecule has 2 rings (SSSR count). The lowest BCUT2D eigenvalue weighted by atomic mass is 10.1. The zero-order chi connectivity index (χ0) is 13.7. The Morgan fingerprint density at radius 3 is 2.74 bits per heavy atom. The predicted octanol–water partition coefficient (Wildman–Crippen LogP) is 1.12. The van der Waals surface area contributed by atoms with Crippen LogP contribution in [0.4, 0.5) is 0 Å². The molecule has 0 aliphatic carbocycles. The van der Waals surface area contributed by atoms with E-state index in [1.54, 1.807) is 7.11 Å². The Morgan fingerprint density at radius 1 is 1.32 bits per heavy atom. The fourth-order valence-electron chi connectivity index (χ4n) is 2.13. The van der Waals surface area contributed by atoms with E-state index in [4.69, 9.17) is 14.2 Å². The third-order valence-electron chi connectivity index (χ3n) is 3.14. The van der Waals surface area contributed by atoms with Gasteiger partial charge in [-0.3, -0.25) is 0 Å². The topological polar surface area (TPSA) is 60.0 Å². The smallest absolute Gasteiger partial charge is 0.161 e. The van der Waals surface area contributed by atoms with Crippen LogP contribution in [0.1, 0.15) is 18.5 Å². The third-order valence-corrected chi connectivity index (χ3v) is 3.14. The number of rotatable bonds is 6. The SMILES string of the molecule is COCC(CO)NC(C)c1ccc2c(c1)OCCO2. The van der Waals surface area contributed by atoms with E-state index in [-0.39, 0.29) is 18.7 Å². The molecule has 0 spiro atoms. The monoisotopic (exact) mass is 267 g/mol. The Bertz CT molecular complexity index is 410. The Kier molecular flexibility index (Phi) is 5.01. The molecule has 106 valence electrons. The minimum atomic E-state index is -0.0757. The van der Waals surface area contributed by atoms with Crippen LogP contribution in [0.3, 0.4) is 0 Å². The van der Waals surface area contributed by atoms with Gasteiger partial charge in [0.05, 0.1) is 19.3 Å². The summed E-state index contributed by atoms with van der Waals surface area (Å²) in [5.74, 6) is 1.57. The van der Waals surface area contributed by atoms with E-state index in [1.807, 2.05) is 25.1 Å². The fraction of sp³-hybridized carbons (Fsp3) is 0.571. The average molecular weight is 267 g/mol. The highest BCUT2D eigenvalue weighted by Gasteiger charge is 2.16. The second-order valence-electron chi connectivity index (χ2n) is 4.63. The number of aliphatic hydroxyl groups excluding tert-OH is 1. The molecule has 0 saturated heterocycles. The molecular formula is C14H21NO4. The van der Waals surface area contributed by atoms with Gasteiger partial charge in [0.1, 0.15) is 13.2 Å². The molecule has 2 atom stereocenters. The van der Waals surface area contributed by atoms with Crippen LogP contribution in [0.25, 0.3) is 0 Å². The molecule has 0 bridgehead atoms. The number of hydrogen-bond donors (Lipinski definition) is 2. The molecule has 1 aromatic carbocycles. The second-order valence-corrected chi connectivity index (χ2v) is 4.63. The minimum absolute atomic E-state index is 0.0444. The number of fused-ring (bicyclic) bond motifs is 1. The summed E-state index contributed by atoms with van der Waals surface area (Å²) in [6.07, 6.45) is 0. The molecule has 1 aromatic rings. The van der Waals surface area contributed by atoms with Crippen molar-refractivity contribution in [1.82, 2.24) is 5.32 Å². The van der Waals surface area contributed by atoms with Crippen molar-refractivity contribution < 1.29 is 19.3 Å². The summed E-state index contributed by atoms with van der Waals surface area (Å²) >= 11 is 0. The molecule has 0 amide bonds.